The predicted molar refractivity (Wildman–Crippen MR) is 148 cm³/mol. The summed E-state index contributed by atoms with van der Waals surface area (Å²) in [6, 6.07) is 16.7. The number of fused-ring (bicyclic) bond motifs is 1. The Kier molecular flexibility index (Phi) is 8.83. The van der Waals surface area contributed by atoms with Crippen LogP contribution in [-0.2, 0) is 22.4 Å². The minimum Gasteiger partial charge on any atom is -0.462 e. The maximum absolute atomic E-state index is 13.3. The normalized spacial score (nSPS) is 15.0. The number of ether oxygens (including phenoxy) is 1. The van der Waals surface area contributed by atoms with Gasteiger partial charge in [0, 0.05) is 5.69 Å². The van der Waals surface area contributed by atoms with Crippen molar-refractivity contribution in [2.24, 2.45) is 0 Å². The van der Waals surface area contributed by atoms with E-state index in [1.54, 1.807) is 13.8 Å². The molecule has 38 heavy (non-hydrogen) atoms. The number of anilines is 1. The number of thioether (sulfide) groups is 1. The lowest BCUT2D eigenvalue weighted by Gasteiger charge is -2.25. The number of amides is 1. The van der Waals surface area contributed by atoms with Gasteiger partial charge >= 0.3 is 5.97 Å². The van der Waals surface area contributed by atoms with Crippen LogP contribution >= 0.6 is 23.1 Å². The molecule has 0 saturated heterocycles. The first-order valence-corrected chi connectivity index (χ1v) is 14.3. The Morgan fingerprint density at radius 2 is 2.00 bits per heavy atom. The summed E-state index contributed by atoms with van der Waals surface area (Å²) in [5, 5.41) is 22.7. The van der Waals surface area contributed by atoms with Crippen molar-refractivity contribution in [2.75, 3.05) is 11.9 Å². The number of aryl methyl sites for hydroxylation is 1. The van der Waals surface area contributed by atoms with E-state index in [-0.39, 0.29) is 18.1 Å². The van der Waals surface area contributed by atoms with E-state index in [0.29, 0.717) is 38.4 Å². The van der Waals surface area contributed by atoms with E-state index >= 15 is 0 Å². The molecule has 194 valence electrons. The molecule has 0 saturated carbocycles. The van der Waals surface area contributed by atoms with Crippen LogP contribution in [0.3, 0.4) is 0 Å². The number of hydrogen-bond acceptors (Lipinski definition) is 8. The Bertz CT molecular complexity index is 1440. The Hall–Kier alpha value is -3.66. The van der Waals surface area contributed by atoms with Crippen LogP contribution < -0.4 is 5.32 Å². The van der Waals surface area contributed by atoms with E-state index in [4.69, 9.17) is 9.72 Å². The van der Waals surface area contributed by atoms with Crippen molar-refractivity contribution in [2.45, 2.75) is 62.6 Å². The molecule has 1 amide bonds. The molecule has 1 aliphatic rings. The minimum absolute atomic E-state index is 0.218. The van der Waals surface area contributed by atoms with E-state index in [1.807, 2.05) is 31.2 Å². The second kappa shape index (κ2) is 12.3. The first-order chi connectivity index (χ1) is 18.4. The van der Waals surface area contributed by atoms with Crippen molar-refractivity contribution in [3.8, 4) is 12.1 Å². The van der Waals surface area contributed by atoms with Gasteiger partial charge in [-0.2, -0.15) is 10.5 Å². The van der Waals surface area contributed by atoms with Crippen LogP contribution in [0.15, 0.2) is 41.4 Å². The van der Waals surface area contributed by atoms with Crippen LogP contribution in [0.25, 0.3) is 0 Å². The van der Waals surface area contributed by atoms with Gasteiger partial charge in [0.2, 0.25) is 5.91 Å². The maximum Gasteiger partial charge on any atom is 0.348 e. The van der Waals surface area contributed by atoms with Crippen LogP contribution in [0.2, 0.25) is 0 Å². The Labute approximate surface area is 230 Å². The molecule has 1 N–H and O–H groups in total. The molecule has 2 atom stereocenters. The molecular formula is C29H28N4O3S2. The molecule has 2 aromatic heterocycles. The third-order valence-corrected chi connectivity index (χ3v) is 9.17. The van der Waals surface area contributed by atoms with Crippen LogP contribution in [0, 0.1) is 29.6 Å². The average molecular weight is 545 g/mol. The first-order valence-electron chi connectivity index (χ1n) is 12.6. The number of nitrogens with one attached hydrogen (secondary N) is 1. The van der Waals surface area contributed by atoms with Gasteiger partial charge in [0.1, 0.15) is 27.0 Å². The number of nitriles is 2. The predicted octanol–water partition coefficient (Wildman–Crippen LogP) is 6.15. The lowest BCUT2D eigenvalue weighted by Crippen LogP contribution is -2.25. The molecule has 0 radical (unpaired) electrons. The Morgan fingerprint density at radius 1 is 1.24 bits per heavy atom. The van der Waals surface area contributed by atoms with Gasteiger partial charge in [0.05, 0.1) is 23.0 Å². The molecule has 9 heteroatoms. The van der Waals surface area contributed by atoms with E-state index < -0.39 is 11.2 Å². The lowest BCUT2D eigenvalue weighted by atomic mass is 9.82. The highest BCUT2D eigenvalue weighted by molar-refractivity contribution is 8.00. The number of thiophene rings is 1. The van der Waals surface area contributed by atoms with Gasteiger partial charge in [-0.05, 0) is 68.2 Å². The van der Waals surface area contributed by atoms with Gasteiger partial charge < -0.3 is 10.1 Å². The van der Waals surface area contributed by atoms with Crippen molar-refractivity contribution < 1.29 is 14.3 Å². The van der Waals surface area contributed by atoms with E-state index in [9.17, 15) is 20.1 Å². The van der Waals surface area contributed by atoms with Crippen LogP contribution in [0.5, 0.6) is 0 Å². The van der Waals surface area contributed by atoms with Crippen molar-refractivity contribution in [3.05, 3.63) is 74.8 Å². The number of rotatable bonds is 8. The third-order valence-electron chi connectivity index (χ3n) is 6.62. The summed E-state index contributed by atoms with van der Waals surface area (Å²) >= 11 is 2.30. The van der Waals surface area contributed by atoms with Crippen LogP contribution in [0.4, 0.5) is 5.00 Å². The van der Waals surface area contributed by atoms with Gasteiger partial charge in [-0.3, -0.25) is 4.79 Å². The van der Waals surface area contributed by atoms with Gasteiger partial charge in [-0.1, -0.05) is 49.0 Å². The topological polar surface area (TPSA) is 116 Å². The molecule has 3 aromatic rings. The summed E-state index contributed by atoms with van der Waals surface area (Å²) in [6.07, 6.45) is 3.12. The summed E-state index contributed by atoms with van der Waals surface area (Å²) in [4.78, 5) is 30.7. The number of esters is 1. The Balaban J connectivity index is 1.53. The van der Waals surface area contributed by atoms with Gasteiger partial charge in [-0.25, -0.2) is 9.78 Å². The van der Waals surface area contributed by atoms with Crippen molar-refractivity contribution in [1.29, 1.82) is 10.5 Å². The summed E-state index contributed by atoms with van der Waals surface area (Å²) in [5.74, 6) is -0.425. The van der Waals surface area contributed by atoms with E-state index in [2.05, 4.69) is 29.6 Å². The number of carbonyl (C=O) groups is 2. The average Bonchev–Trinajstić information content (AvgIpc) is 3.25. The molecule has 4 rings (SSSR count). The van der Waals surface area contributed by atoms with Gasteiger partial charge in [-0.15, -0.1) is 11.3 Å². The van der Waals surface area contributed by atoms with Crippen LogP contribution in [-0.4, -0.2) is 28.7 Å². The summed E-state index contributed by atoms with van der Waals surface area (Å²) < 4.78 is 5.08. The summed E-state index contributed by atoms with van der Waals surface area (Å²) in [6.45, 7) is 5.49. The van der Waals surface area contributed by atoms with E-state index in [1.165, 1.54) is 17.3 Å². The number of nitrogens with zero attached hydrogens (tertiary/aromatic N) is 3. The molecule has 0 bridgehead atoms. The Morgan fingerprint density at radius 3 is 2.66 bits per heavy atom. The fourth-order valence-corrected chi connectivity index (χ4v) is 6.65. The van der Waals surface area contributed by atoms with Crippen molar-refractivity contribution >= 4 is 40.0 Å². The zero-order chi connectivity index (χ0) is 27.2. The summed E-state index contributed by atoms with van der Waals surface area (Å²) in [7, 11) is 0. The number of benzene rings is 1. The largest absolute Gasteiger partial charge is 0.462 e. The lowest BCUT2D eigenvalue weighted by molar-refractivity contribution is -0.115. The molecule has 0 aliphatic heterocycles. The molecule has 2 heterocycles. The quantitative estimate of drug-likeness (QED) is 0.267. The molecule has 0 fully saturated rings. The highest BCUT2D eigenvalue weighted by atomic mass is 32.2. The second-order valence-electron chi connectivity index (χ2n) is 9.01. The number of carbonyl (C=O) groups excluding carboxylic acids is 2. The van der Waals surface area contributed by atoms with Crippen molar-refractivity contribution in [3.63, 3.8) is 0 Å². The molecule has 1 aromatic carbocycles. The van der Waals surface area contributed by atoms with Gasteiger partial charge in [0.15, 0.2) is 0 Å². The van der Waals surface area contributed by atoms with Crippen molar-refractivity contribution in [1.82, 2.24) is 4.98 Å². The molecule has 1 aliphatic carbocycles. The highest BCUT2D eigenvalue weighted by Crippen LogP contribution is 2.37. The number of aromatic nitrogens is 1. The first kappa shape index (κ1) is 27.4. The van der Waals surface area contributed by atoms with Crippen LogP contribution in [0.1, 0.15) is 75.8 Å². The smallest absolute Gasteiger partial charge is 0.348 e. The number of hydrogen-bond donors (Lipinski definition) is 1. The standard InChI is InChI=1S/C29H28N4O3S2/c1-4-24(26(34)33-28-22(16-31)17(3)25(38-28)29(35)36-5-2)37-27-21(15-30)14-20-13-19(11-12-23(20)32-27)18-9-7-6-8-10-18/h6-10,14,19,24H,4-5,11-13H2,1-3H3,(H,33,34). The SMILES string of the molecule is CCOC(=O)c1sc(NC(=O)C(CC)Sc2nc3c(cc2C#N)CC(c2ccccc2)CC3)c(C#N)c1C. The maximum atomic E-state index is 13.3. The molecular weight excluding hydrogens is 516 g/mol. The molecule has 2 unspecified atom stereocenters. The summed E-state index contributed by atoms with van der Waals surface area (Å²) in [5.41, 5.74) is 4.57. The number of pyridine rings is 1. The zero-order valence-corrected chi connectivity index (χ0v) is 23.2. The monoisotopic (exact) mass is 544 g/mol. The molecule has 0 spiro atoms. The fourth-order valence-electron chi connectivity index (χ4n) is 4.60. The molecule has 7 nitrogen and oxygen atoms in total. The fraction of sp³-hybridized carbons (Fsp3) is 0.345. The van der Waals surface area contributed by atoms with E-state index in [0.717, 1.165) is 41.9 Å². The minimum atomic E-state index is -0.534. The van der Waals surface area contributed by atoms with Gasteiger partial charge in [0.25, 0.3) is 0 Å². The highest BCUT2D eigenvalue weighted by Gasteiger charge is 2.28. The second-order valence-corrected chi connectivity index (χ2v) is 11.2. The third kappa shape index (κ3) is 5.75. The zero-order valence-electron chi connectivity index (χ0n) is 21.5.